The Labute approximate surface area is 204 Å². The van der Waals surface area contributed by atoms with Gasteiger partial charge < -0.3 is 14.6 Å². The minimum Gasteiger partial charge on any atom is -0.424 e. The van der Waals surface area contributed by atoms with E-state index in [0.29, 0.717) is 23.6 Å². The summed E-state index contributed by atoms with van der Waals surface area (Å²) in [6.07, 6.45) is 4.93. The zero-order valence-corrected chi connectivity index (χ0v) is 19.0. The van der Waals surface area contributed by atoms with E-state index >= 15 is 0 Å². The van der Waals surface area contributed by atoms with Crippen molar-refractivity contribution in [2.75, 3.05) is 12.0 Å². The Kier molecular flexibility index (Phi) is 6.61. The Morgan fingerprint density at radius 2 is 1.72 bits per heavy atom. The van der Waals surface area contributed by atoms with Crippen molar-refractivity contribution in [2.24, 2.45) is 0 Å². The van der Waals surface area contributed by atoms with E-state index in [-0.39, 0.29) is 36.3 Å². The molecule has 182 valence electrons. The molecule has 0 aliphatic carbocycles. The highest BCUT2D eigenvalue weighted by Crippen LogP contribution is 2.24. The second kappa shape index (κ2) is 10.3. The van der Waals surface area contributed by atoms with Crippen molar-refractivity contribution in [3.05, 3.63) is 95.1 Å². The van der Waals surface area contributed by atoms with Gasteiger partial charge in [-0.25, -0.2) is 19.3 Å². The molecular weight excluding hydrogens is 468 g/mol. The number of rotatable bonds is 9. The largest absolute Gasteiger partial charge is 0.424 e. The van der Waals surface area contributed by atoms with Gasteiger partial charge in [0.1, 0.15) is 11.6 Å². The van der Waals surface area contributed by atoms with Crippen LogP contribution in [0.5, 0.6) is 11.8 Å². The van der Waals surface area contributed by atoms with E-state index in [9.17, 15) is 13.6 Å². The average molecular weight is 489 g/mol. The number of aromatic nitrogens is 6. The number of alkyl halides is 1. The van der Waals surface area contributed by atoms with Crippen LogP contribution in [0.25, 0.3) is 11.2 Å². The molecule has 0 unspecified atom stereocenters. The summed E-state index contributed by atoms with van der Waals surface area (Å²) in [6.45, 7) is 0.0749. The predicted octanol–water partition coefficient (Wildman–Crippen LogP) is 4.47. The molecule has 0 saturated heterocycles. The van der Waals surface area contributed by atoms with Gasteiger partial charge in [0.05, 0.1) is 19.5 Å². The first-order valence-corrected chi connectivity index (χ1v) is 11.2. The number of hydrogen-bond acceptors (Lipinski definition) is 7. The molecule has 9 nitrogen and oxygen atoms in total. The molecule has 3 heterocycles. The number of ether oxygens (including phenoxy) is 1. The lowest BCUT2D eigenvalue weighted by Crippen LogP contribution is -2.20. The first-order chi connectivity index (χ1) is 17.6. The number of aryl methyl sites for hydroxylation is 1. The molecule has 0 radical (unpaired) electrons. The maximum atomic E-state index is 13.5. The van der Waals surface area contributed by atoms with Crippen LogP contribution >= 0.6 is 0 Å². The fourth-order valence-corrected chi connectivity index (χ4v) is 3.69. The van der Waals surface area contributed by atoms with Gasteiger partial charge in [-0.05, 0) is 54.4 Å². The van der Waals surface area contributed by atoms with Crippen molar-refractivity contribution in [1.29, 1.82) is 0 Å². The molecule has 3 aromatic heterocycles. The lowest BCUT2D eigenvalue weighted by Gasteiger charge is -2.15. The molecule has 0 fully saturated rings. The first-order valence-electron chi connectivity index (χ1n) is 11.2. The third-order valence-electron chi connectivity index (χ3n) is 5.39. The number of fused-ring (bicyclic) bond motifs is 1. The maximum absolute atomic E-state index is 13.5. The van der Waals surface area contributed by atoms with E-state index in [1.54, 1.807) is 64.0 Å². The van der Waals surface area contributed by atoms with Crippen molar-refractivity contribution in [2.45, 2.75) is 19.5 Å². The highest BCUT2D eigenvalue weighted by Gasteiger charge is 2.17. The van der Waals surface area contributed by atoms with Crippen LogP contribution in [0.15, 0.2) is 78.1 Å². The number of nitrogens with one attached hydrogen (secondary N) is 1. The lowest BCUT2D eigenvalue weighted by atomic mass is 10.2. The number of anilines is 2. The molecule has 1 N–H and O–H groups in total. The van der Waals surface area contributed by atoms with Gasteiger partial charge in [0, 0.05) is 24.6 Å². The number of nitrogens with zero attached hydrogens (tertiary/aromatic N) is 6. The van der Waals surface area contributed by atoms with Crippen molar-refractivity contribution >= 4 is 22.8 Å². The summed E-state index contributed by atoms with van der Waals surface area (Å²) in [5, 5.41) is 3.16. The summed E-state index contributed by atoms with van der Waals surface area (Å²) in [5.74, 6) is 0.442. The molecule has 0 atom stereocenters. The predicted molar refractivity (Wildman–Crippen MR) is 130 cm³/mol. The van der Waals surface area contributed by atoms with Crippen LogP contribution in [0, 0.1) is 5.82 Å². The molecule has 11 heteroatoms. The van der Waals surface area contributed by atoms with E-state index < -0.39 is 12.2 Å². The van der Waals surface area contributed by atoms with E-state index in [2.05, 4.69) is 25.3 Å². The second-order valence-electron chi connectivity index (χ2n) is 7.89. The van der Waals surface area contributed by atoms with Crippen LogP contribution in [-0.2, 0) is 13.1 Å². The van der Waals surface area contributed by atoms with Gasteiger partial charge in [-0.3, -0.25) is 13.8 Å². The Morgan fingerprint density at radius 3 is 2.44 bits per heavy atom. The van der Waals surface area contributed by atoms with Crippen LogP contribution in [0.4, 0.5) is 20.4 Å². The number of hydrogen-bond donors (Lipinski definition) is 1. The van der Waals surface area contributed by atoms with E-state index in [1.807, 2.05) is 0 Å². The first kappa shape index (κ1) is 23.1. The van der Waals surface area contributed by atoms with E-state index in [1.165, 1.54) is 18.5 Å². The van der Waals surface area contributed by atoms with Crippen LogP contribution in [0.1, 0.15) is 12.0 Å². The van der Waals surface area contributed by atoms with Gasteiger partial charge in [0.15, 0.2) is 11.2 Å². The van der Waals surface area contributed by atoms with E-state index in [0.717, 1.165) is 5.56 Å². The fourth-order valence-electron chi connectivity index (χ4n) is 3.69. The standard InChI is InChI=1S/C25H21F2N7O2/c26-11-1-14-33-16-30-22-21(33)23(35)32-24(34(22)15-17-3-5-18(27)6-4-17)31-19-7-9-20(10-8-19)36-25-28-12-2-13-29-25/h2-10,12-13,16H,1,11,14-15H2,(H,31,32,35). The second-order valence-corrected chi connectivity index (χ2v) is 7.89. The SMILES string of the molecule is O=c1nc(Nc2ccc(Oc3ncccn3)cc2)n(Cc2ccc(F)cc2)c2ncn(CCCF)c12. The van der Waals surface area contributed by atoms with Gasteiger partial charge in [0.2, 0.25) is 5.95 Å². The molecule has 5 rings (SSSR count). The molecule has 0 spiro atoms. The van der Waals surface area contributed by atoms with Crippen LogP contribution in [-0.4, -0.2) is 35.7 Å². The summed E-state index contributed by atoms with van der Waals surface area (Å²) in [4.78, 5) is 29.7. The molecule has 0 aliphatic heterocycles. The molecule has 36 heavy (non-hydrogen) atoms. The molecule has 0 aliphatic rings. The molecular formula is C25H21F2N7O2. The zero-order valence-electron chi connectivity index (χ0n) is 19.0. The lowest BCUT2D eigenvalue weighted by molar-refractivity contribution is 0.442. The van der Waals surface area contributed by atoms with Crippen molar-refractivity contribution in [3.8, 4) is 11.8 Å². The number of imidazole rings is 1. The van der Waals surface area contributed by atoms with Crippen molar-refractivity contribution in [3.63, 3.8) is 0 Å². The quantitative estimate of drug-likeness (QED) is 0.326. The maximum Gasteiger partial charge on any atom is 0.321 e. The monoisotopic (exact) mass is 489 g/mol. The third kappa shape index (κ3) is 5.04. The van der Waals surface area contributed by atoms with Gasteiger partial charge in [0.25, 0.3) is 0 Å². The topological polar surface area (TPSA) is 99.8 Å². The van der Waals surface area contributed by atoms with Gasteiger partial charge in [-0.2, -0.15) is 4.98 Å². The summed E-state index contributed by atoms with van der Waals surface area (Å²) in [7, 11) is 0. The number of benzene rings is 2. The Morgan fingerprint density at radius 1 is 0.972 bits per heavy atom. The highest BCUT2D eigenvalue weighted by molar-refractivity contribution is 5.73. The summed E-state index contributed by atoms with van der Waals surface area (Å²) in [6, 6.07) is 14.9. The molecule has 2 aromatic carbocycles. The summed E-state index contributed by atoms with van der Waals surface area (Å²) < 4.78 is 35.2. The molecule has 5 aromatic rings. The minimum atomic E-state index is -0.507. The average Bonchev–Trinajstić information content (AvgIpc) is 3.32. The van der Waals surface area contributed by atoms with Crippen molar-refractivity contribution < 1.29 is 13.5 Å². The van der Waals surface area contributed by atoms with Gasteiger partial charge in [-0.15, -0.1) is 0 Å². The Hall–Kier alpha value is -4.67. The van der Waals surface area contributed by atoms with Crippen LogP contribution in [0.2, 0.25) is 0 Å². The molecule has 0 amide bonds. The van der Waals surface area contributed by atoms with Crippen LogP contribution in [0.3, 0.4) is 0 Å². The molecule has 0 bridgehead atoms. The normalized spacial score (nSPS) is 11.1. The minimum absolute atomic E-state index is 0.224. The molecule has 0 saturated carbocycles. The third-order valence-corrected chi connectivity index (χ3v) is 5.39. The van der Waals surface area contributed by atoms with E-state index in [4.69, 9.17) is 4.74 Å². The van der Waals surface area contributed by atoms with Crippen LogP contribution < -0.4 is 15.6 Å². The Balaban J connectivity index is 1.49. The summed E-state index contributed by atoms with van der Waals surface area (Å²) >= 11 is 0. The number of halogens is 2. The smallest absolute Gasteiger partial charge is 0.321 e. The fraction of sp³-hybridized carbons (Fsp3) is 0.160. The van der Waals surface area contributed by atoms with Crippen molar-refractivity contribution in [1.82, 2.24) is 29.1 Å². The van der Waals surface area contributed by atoms with Gasteiger partial charge >= 0.3 is 11.6 Å². The van der Waals surface area contributed by atoms with Gasteiger partial charge in [-0.1, -0.05) is 12.1 Å². The zero-order chi connectivity index (χ0) is 24.9. The summed E-state index contributed by atoms with van der Waals surface area (Å²) in [5.41, 5.74) is 1.62. The highest BCUT2D eigenvalue weighted by atomic mass is 19.1. The Bertz CT molecular complexity index is 1520.